The van der Waals surface area contributed by atoms with Gasteiger partial charge in [-0.15, -0.1) is 0 Å². The summed E-state index contributed by atoms with van der Waals surface area (Å²) in [6, 6.07) is -1.14. The van der Waals surface area contributed by atoms with Gasteiger partial charge in [0.1, 0.15) is 6.04 Å². The van der Waals surface area contributed by atoms with Gasteiger partial charge in [-0.05, 0) is 6.42 Å². The largest absolute Gasteiger partial charge is 0.480 e. The first-order chi connectivity index (χ1) is 5.99. The summed E-state index contributed by atoms with van der Waals surface area (Å²) in [7, 11) is 0. The van der Waals surface area contributed by atoms with Gasteiger partial charge >= 0.3 is 11.9 Å². The lowest BCUT2D eigenvalue weighted by Gasteiger charge is -2.06. The fourth-order valence-corrected chi connectivity index (χ4v) is 0.829. The normalized spacial score (nSPS) is 13.8. The molecule has 0 aliphatic rings. The Morgan fingerprint density at radius 1 is 1.46 bits per heavy atom. The third-order valence-corrected chi connectivity index (χ3v) is 1.48. The zero-order valence-electron chi connectivity index (χ0n) is 7.36. The van der Waals surface area contributed by atoms with E-state index >= 15 is 0 Å². The Kier molecular flexibility index (Phi) is 4.76. The van der Waals surface area contributed by atoms with Gasteiger partial charge in [-0.2, -0.15) is 0 Å². The Labute approximate surface area is 75.9 Å². The van der Waals surface area contributed by atoms with Crippen LogP contribution in [0.1, 0.15) is 19.8 Å². The maximum absolute atomic E-state index is 10.5. The van der Waals surface area contributed by atoms with Gasteiger partial charge in [0.2, 0.25) is 0 Å². The molecule has 5 nitrogen and oxygen atoms in total. The summed E-state index contributed by atoms with van der Waals surface area (Å²) < 4.78 is 0. The minimum absolute atomic E-state index is 0.0531. The van der Waals surface area contributed by atoms with E-state index in [4.69, 9.17) is 15.9 Å². The first-order valence-electron chi connectivity index (χ1n) is 3.89. The van der Waals surface area contributed by atoms with Crippen LogP contribution in [0.2, 0.25) is 0 Å². The predicted octanol–water partition coefficient (Wildman–Crippen LogP) is 0.209. The van der Waals surface area contributed by atoms with Gasteiger partial charge in [0.25, 0.3) is 0 Å². The van der Waals surface area contributed by atoms with Gasteiger partial charge in [-0.25, -0.2) is 4.79 Å². The van der Waals surface area contributed by atoms with Gasteiger partial charge in [-0.3, -0.25) is 4.79 Å². The fraction of sp³-hybridized carbons (Fsp3) is 0.500. The van der Waals surface area contributed by atoms with E-state index in [0.29, 0.717) is 6.42 Å². The first-order valence-corrected chi connectivity index (χ1v) is 3.89. The molecular formula is C8H13NO4. The van der Waals surface area contributed by atoms with Crippen molar-refractivity contribution in [2.75, 3.05) is 0 Å². The molecule has 4 N–H and O–H groups in total. The zero-order valence-corrected chi connectivity index (χ0v) is 7.36. The maximum Gasteiger partial charge on any atom is 0.331 e. The summed E-state index contributed by atoms with van der Waals surface area (Å²) in [6.45, 7) is 1.77. The molecule has 0 rings (SSSR count). The molecule has 1 atom stereocenters. The van der Waals surface area contributed by atoms with E-state index in [1.54, 1.807) is 6.92 Å². The van der Waals surface area contributed by atoms with Crippen molar-refractivity contribution >= 4 is 11.9 Å². The van der Waals surface area contributed by atoms with Crippen molar-refractivity contribution in [3.05, 3.63) is 11.6 Å². The number of allylic oxidation sites excluding steroid dienone is 1. The van der Waals surface area contributed by atoms with Crippen molar-refractivity contribution in [2.45, 2.75) is 25.8 Å². The van der Waals surface area contributed by atoms with E-state index in [1.807, 2.05) is 0 Å². The molecule has 0 heterocycles. The van der Waals surface area contributed by atoms with Gasteiger partial charge in [0.15, 0.2) is 0 Å². The molecule has 0 aliphatic heterocycles. The quantitative estimate of drug-likeness (QED) is 0.534. The third kappa shape index (κ3) is 4.27. The molecule has 0 radical (unpaired) electrons. The van der Waals surface area contributed by atoms with Crippen molar-refractivity contribution < 1.29 is 19.8 Å². The summed E-state index contributed by atoms with van der Waals surface area (Å²) in [5.41, 5.74) is 5.23. The third-order valence-electron chi connectivity index (χ3n) is 1.48. The Hall–Kier alpha value is -1.36. The number of hydrogen-bond acceptors (Lipinski definition) is 3. The molecule has 74 valence electrons. The molecule has 13 heavy (non-hydrogen) atoms. The minimum atomic E-state index is -1.19. The lowest BCUT2D eigenvalue weighted by atomic mass is 10.1. The minimum Gasteiger partial charge on any atom is -0.480 e. The number of carbonyl (C=O) groups is 2. The van der Waals surface area contributed by atoms with Crippen LogP contribution in [0.25, 0.3) is 0 Å². The van der Waals surface area contributed by atoms with Gasteiger partial charge < -0.3 is 15.9 Å². The van der Waals surface area contributed by atoms with Gasteiger partial charge in [0.05, 0.1) is 0 Å². The van der Waals surface area contributed by atoms with Crippen LogP contribution in [0.5, 0.6) is 0 Å². The molecule has 0 aromatic heterocycles. The van der Waals surface area contributed by atoms with E-state index in [9.17, 15) is 9.59 Å². The average Bonchev–Trinajstić information content (AvgIpc) is 2.03. The highest BCUT2D eigenvalue weighted by molar-refractivity contribution is 5.88. The van der Waals surface area contributed by atoms with Crippen molar-refractivity contribution in [3.63, 3.8) is 0 Å². The summed E-state index contributed by atoms with van der Waals surface area (Å²) in [5.74, 6) is -2.30. The molecule has 0 fully saturated rings. The highest BCUT2D eigenvalue weighted by atomic mass is 16.4. The number of aliphatic carboxylic acids is 2. The van der Waals surface area contributed by atoms with E-state index in [2.05, 4.69) is 0 Å². The maximum atomic E-state index is 10.5. The Bertz CT molecular complexity index is 234. The molecule has 0 aromatic rings. The molecule has 0 amide bonds. The van der Waals surface area contributed by atoms with Crippen LogP contribution in [-0.4, -0.2) is 28.2 Å². The van der Waals surface area contributed by atoms with Crippen molar-refractivity contribution in [3.8, 4) is 0 Å². The SMILES string of the molecule is CC/C=C(\C[C@H](N)C(=O)O)C(=O)O. The van der Waals surface area contributed by atoms with E-state index < -0.39 is 18.0 Å². The lowest BCUT2D eigenvalue weighted by Crippen LogP contribution is -2.31. The number of nitrogens with two attached hydrogens (primary N) is 1. The Balaban J connectivity index is 4.36. The van der Waals surface area contributed by atoms with E-state index in [1.165, 1.54) is 6.08 Å². The van der Waals surface area contributed by atoms with Crippen LogP contribution in [0.4, 0.5) is 0 Å². The van der Waals surface area contributed by atoms with Crippen LogP contribution in [0.3, 0.4) is 0 Å². The molecule has 0 saturated carbocycles. The van der Waals surface area contributed by atoms with Crippen LogP contribution >= 0.6 is 0 Å². The van der Waals surface area contributed by atoms with Gasteiger partial charge in [-0.1, -0.05) is 13.0 Å². The Morgan fingerprint density at radius 3 is 2.31 bits per heavy atom. The topological polar surface area (TPSA) is 101 Å². The van der Waals surface area contributed by atoms with Crippen LogP contribution in [-0.2, 0) is 9.59 Å². The number of hydrogen-bond donors (Lipinski definition) is 3. The highest BCUT2D eigenvalue weighted by Crippen LogP contribution is 2.05. The smallest absolute Gasteiger partial charge is 0.331 e. The van der Waals surface area contributed by atoms with E-state index in [-0.39, 0.29) is 12.0 Å². The zero-order chi connectivity index (χ0) is 10.4. The van der Waals surface area contributed by atoms with Crippen molar-refractivity contribution in [1.29, 1.82) is 0 Å². The second-order valence-electron chi connectivity index (χ2n) is 2.59. The summed E-state index contributed by atoms with van der Waals surface area (Å²) in [6.07, 6.45) is 1.87. The molecule has 0 bridgehead atoms. The standard InChI is InChI=1S/C8H13NO4/c1-2-3-5(7(10)11)4-6(9)8(12)13/h3,6H,2,4,9H2,1H3,(H,10,11)(H,12,13)/b5-3+/t6-/m0/s1. The number of rotatable bonds is 5. The number of carboxylic acids is 2. The van der Waals surface area contributed by atoms with Crippen molar-refractivity contribution in [2.24, 2.45) is 5.73 Å². The molecule has 0 aromatic carbocycles. The molecule has 0 spiro atoms. The summed E-state index contributed by atoms with van der Waals surface area (Å²) >= 11 is 0. The molecule has 0 aliphatic carbocycles. The van der Waals surface area contributed by atoms with Crippen molar-refractivity contribution in [1.82, 2.24) is 0 Å². The second-order valence-corrected chi connectivity index (χ2v) is 2.59. The predicted molar refractivity (Wildman–Crippen MR) is 46.2 cm³/mol. The fourth-order valence-electron chi connectivity index (χ4n) is 0.829. The molecule has 0 saturated heterocycles. The van der Waals surface area contributed by atoms with Crippen LogP contribution in [0, 0.1) is 0 Å². The molecule has 0 unspecified atom stereocenters. The lowest BCUT2D eigenvalue weighted by molar-refractivity contribution is -0.138. The number of carboxylic acid groups (broad SMARTS) is 2. The van der Waals surface area contributed by atoms with E-state index in [0.717, 1.165) is 0 Å². The molecule has 5 heteroatoms. The summed E-state index contributed by atoms with van der Waals surface area (Å²) in [5, 5.41) is 17.1. The second kappa shape index (κ2) is 5.31. The van der Waals surface area contributed by atoms with Crippen LogP contribution < -0.4 is 5.73 Å². The Morgan fingerprint density at radius 2 is 2.00 bits per heavy atom. The summed E-state index contributed by atoms with van der Waals surface area (Å²) in [4.78, 5) is 20.8. The average molecular weight is 187 g/mol. The van der Waals surface area contributed by atoms with Crippen LogP contribution in [0.15, 0.2) is 11.6 Å². The highest BCUT2D eigenvalue weighted by Gasteiger charge is 2.17. The monoisotopic (exact) mass is 187 g/mol. The molecular weight excluding hydrogens is 174 g/mol. The first kappa shape index (κ1) is 11.6. The van der Waals surface area contributed by atoms with Gasteiger partial charge in [0, 0.05) is 12.0 Å².